The van der Waals surface area contributed by atoms with E-state index in [0.29, 0.717) is 0 Å². The average molecular weight is 130 g/mol. The van der Waals surface area contributed by atoms with Gasteiger partial charge in [-0.15, -0.1) is 0 Å². The second kappa shape index (κ2) is 16.8. The van der Waals surface area contributed by atoms with Gasteiger partial charge in [0.25, 0.3) is 0 Å². The summed E-state index contributed by atoms with van der Waals surface area (Å²) in [6.45, 7) is 0. The zero-order valence-corrected chi connectivity index (χ0v) is 2.47. The Morgan fingerprint density at radius 2 is 1.25 bits per heavy atom. The van der Waals surface area contributed by atoms with Gasteiger partial charge in [0.05, 0.1) is 0 Å². The van der Waals surface area contributed by atoms with Crippen LogP contribution < -0.4 is 0 Å². The molecule has 0 aromatic rings. The summed E-state index contributed by atoms with van der Waals surface area (Å²) < 4.78 is 8.25. The van der Waals surface area contributed by atoms with Crippen molar-refractivity contribution in [3.05, 3.63) is 0 Å². The molecule has 0 rings (SSSR count). The standard InChI is InChI=1S/K.Mg.O.Ti.3H. The fourth-order valence-corrected chi connectivity index (χ4v) is 0. The number of rotatable bonds is 0. The summed E-state index contributed by atoms with van der Waals surface area (Å²) in [4.78, 5) is 0. The van der Waals surface area contributed by atoms with Crippen molar-refractivity contribution in [3.63, 3.8) is 0 Å². The Balaban J connectivity index is -0.00000000500. The third kappa shape index (κ3) is 8.87. The average Bonchev–Trinajstić information content (AvgIpc) is 1.00. The first-order valence-corrected chi connectivity index (χ1v) is 0.842. The van der Waals surface area contributed by atoms with E-state index in [1.165, 1.54) is 0 Å². The van der Waals surface area contributed by atoms with Crippen LogP contribution in [0.3, 0.4) is 0 Å². The van der Waals surface area contributed by atoms with E-state index in [9.17, 15) is 0 Å². The van der Waals surface area contributed by atoms with Crippen molar-refractivity contribution in [2.45, 2.75) is 0 Å². The monoisotopic (exact) mass is 130 g/mol. The third-order valence-electron chi connectivity index (χ3n) is 0. The Morgan fingerprint density at radius 1 is 1.25 bits per heavy atom. The van der Waals surface area contributed by atoms with E-state index < -0.39 is 0 Å². The zero-order chi connectivity index (χ0) is 2.00. The molecule has 0 unspecified atom stereocenters. The van der Waals surface area contributed by atoms with E-state index in [-0.39, 0.29) is 74.4 Å². The molecule has 0 atom stereocenters. The second-order valence-electron chi connectivity index (χ2n) is 0. The Kier molecular flexibility index (Phi) is 66.3. The van der Waals surface area contributed by atoms with Crippen molar-refractivity contribution < 1.29 is 23.7 Å². The van der Waals surface area contributed by atoms with Gasteiger partial charge in [-0.25, -0.2) is 0 Å². The summed E-state index contributed by atoms with van der Waals surface area (Å²) in [7, 11) is 0. The van der Waals surface area contributed by atoms with Crippen molar-refractivity contribution in [1.82, 2.24) is 0 Å². The molecule has 0 aliphatic heterocycles. The van der Waals surface area contributed by atoms with Crippen LogP contribution in [0.2, 0.25) is 0 Å². The fourth-order valence-electron chi connectivity index (χ4n) is 0. The molecule has 0 aromatic heterocycles. The fraction of sp³-hybridized carbons (Fsp3) is 0. The first-order valence-electron chi connectivity index (χ1n) is 0.204. The van der Waals surface area contributed by atoms with Gasteiger partial charge in [0.2, 0.25) is 0 Å². The first-order chi connectivity index (χ1) is 1.00. The summed E-state index contributed by atoms with van der Waals surface area (Å²) in [6.07, 6.45) is 0. The van der Waals surface area contributed by atoms with Gasteiger partial charge in [-0.05, 0) is 0 Å². The van der Waals surface area contributed by atoms with E-state index in [0.717, 1.165) is 20.4 Å². The molecule has 0 saturated carbocycles. The molecule has 0 aliphatic carbocycles. The van der Waals surface area contributed by atoms with Crippen LogP contribution >= 0.6 is 0 Å². The van der Waals surface area contributed by atoms with Gasteiger partial charge in [0.1, 0.15) is 0 Å². The molecule has 0 heterocycles. The van der Waals surface area contributed by atoms with Gasteiger partial charge in [-0.1, -0.05) is 0 Å². The van der Waals surface area contributed by atoms with Crippen LogP contribution in [0, 0.1) is 0 Å². The van der Waals surface area contributed by atoms with Crippen molar-refractivity contribution in [2.75, 3.05) is 0 Å². The van der Waals surface area contributed by atoms with Crippen LogP contribution in [-0.2, 0) is 23.7 Å². The van der Waals surface area contributed by atoms with Gasteiger partial charge >= 0.3 is 98.2 Å². The summed E-state index contributed by atoms with van der Waals surface area (Å²) in [5.74, 6) is 0. The van der Waals surface area contributed by atoms with Crippen molar-refractivity contribution >= 4 is 74.4 Å². The Morgan fingerprint density at radius 3 is 1.25 bits per heavy atom. The van der Waals surface area contributed by atoms with Crippen LogP contribution in [0.1, 0.15) is 0 Å². The Bertz CT molecular complexity index is 8.00. The number of hydrogen-bond donors (Lipinski definition) is 0. The molecule has 16 valence electrons. The molecule has 0 bridgehead atoms. The van der Waals surface area contributed by atoms with E-state index in [4.69, 9.17) is 3.32 Å². The minimum atomic E-state index is 0. The van der Waals surface area contributed by atoms with Crippen LogP contribution in [0.15, 0.2) is 0 Å². The SMILES string of the molecule is [KH].[MgH2].[O]=[Ti]. The first kappa shape index (κ1) is 15.8. The Hall–Kier alpha value is 2.92. The third-order valence-corrected chi connectivity index (χ3v) is 0. The normalized spacial score (nSPS) is 0.750. The maximum absolute atomic E-state index is 8.25. The molecule has 0 fully saturated rings. The predicted molar refractivity (Wildman–Crippen MR) is 16.4 cm³/mol. The second-order valence-corrected chi connectivity index (χ2v) is 0. The summed E-state index contributed by atoms with van der Waals surface area (Å²) >= 11 is 0.750. The predicted octanol–water partition coefficient (Wildman–Crippen LogP) is -1.69. The quantitative estimate of drug-likeness (QED) is 0.358. The zero-order valence-electron chi connectivity index (χ0n) is 0.908. The molecule has 0 spiro atoms. The van der Waals surface area contributed by atoms with Gasteiger partial charge in [-0.3, -0.25) is 0 Å². The van der Waals surface area contributed by atoms with Crippen molar-refractivity contribution in [1.29, 1.82) is 0 Å². The molecular formula is H3KMgOTi. The van der Waals surface area contributed by atoms with E-state index in [1.807, 2.05) is 0 Å². The minimum absolute atomic E-state index is 0. The molecule has 0 N–H and O–H groups in total. The van der Waals surface area contributed by atoms with Crippen LogP contribution in [0.4, 0.5) is 0 Å². The van der Waals surface area contributed by atoms with Gasteiger partial charge in [0, 0.05) is 0 Å². The Labute approximate surface area is 95.6 Å². The molecular weight excluding hydrogens is 127 g/mol. The molecule has 0 aliphatic rings. The van der Waals surface area contributed by atoms with Crippen LogP contribution in [-0.4, -0.2) is 74.4 Å². The summed E-state index contributed by atoms with van der Waals surface area (Å²) in [6, 6.07) is 0. The van der Waals surface area contributed by atoms with E-state index in [2.05, 4.69) is 0 Å². The van der Waals surface area contributed by atoms with Crippen LogP contribution in [0.5, 0.6) is 0 Å². The molecule has 0 saturated heterocycles. The molecule has 0 radical (unpaired) electrons. The van der Waals surface area contributed by atoms with Crippen molar-refractivity contribution in [3.8, 4) is 0 Å². The van der Waals surface area contributed by atoms with E-state index >= 15 is 0 Å². The summed E-state index contributed by atoms with van der Waals surface area (Å²) in [5, 5.41) is 0. The van der Waals surface area contributed by atoms with Gasteiger partial charge < -0.3 is 0 Å². The molecule has 1 nitrogen and oxygen atoms in total. The van der Waals surface area contributed by atoms with Crippen molar-refractivity contribution in [2.24, 2.45) is 0 Å². The molecule has 4 heteroatoms. The molecule has 0 aromatic carbocycles. The molecule has 4 heavy (non-hydrogen) atoms. The van der Waals surface area contributed by atoms with Gasteiger partial charge in [0.15, 0.2) is 0 Å². The maximum atomic E-state index is 8.25. The van der Waals surface area contributed by atoms with Gasteiger partial charge in [-0.2, -0.15) is 0 Å². The summed E-state index contributed by atoms with van der Waals surface area (Å²) in [5.41, 5.74) is 0. The topological polar surface area (TPSA) is 17.1 Å². The van der Waals surface area contributed by atoms with Crippen LogP contribution in [0.25, 0.3) is 0 Å². The van der Waals surface area contributed by atoms with E-state index in [1.54, 1.807) is 0 Å². The molecule has 0 amide bonds. The number of hydrogen-bond acceptors (Lipinski definition) is 1.